The summed E-state index contributed by atoms with van der Waals surface area (Å²) in [6, 6.07) is 36.1. The zero-order valence-electron chi connectivity index (χ0n) is 22.8. The molecule has 0 radical (unpaired) electrons. The summed E-state index contributed by atoms with van der Waals surface area (Å²) >= 11 is 3.53. The standard InChI is InChI=1S/C35H26BrN3O3/c1-2-23-13-17-29(18-14-23)39-34(41)30(33(40)37-35(39)42)21-26-22-31(24-9-5-3-6-10-24)38(28-19-15-27(36)16-20-28)32(26)25-11-7-4-8-12-25/h3-22H,2H2,1H3,(H,37,40,42)/b30-21+. The van der Waals surface area contributed by atoms with Crippen LogP contribution in [0.4, 0.5) is 10.5 Å². The Balaban J connectivity index is 1.57. The van der Waals surface area contributed by atoms with E-state index in [1.54, 1.807) is 18.2 Å². The van der Waals surface area contributed by atoms with Crippen LogP contribution >= 0.6 is 15.9 Å². The predicted octanol–water partition coefficient (Wildman–Crippen LogP) is 7.80. The van der Waals surface area contributed by atoms with Crippen molar-refractivity contribution in [1.82, 2.24) is 9.88 Å². The Labute approximate surface area is 252 Å². The number of anilines is 1. The van der Waals surface area contributed by atoms with Crippen molar-refractivity contribution in [3.05, 3.63) is 136 Å². The van der Waals surface area contributed by atoms with Crippen LogP contribution in [0.5, 0.6) is 0 Å². The van der Waals surface area contributed by atoms with Gasteiger partial charge in [-0.3, -0.25) is 14.9 Å². The lowest BCUT2D eigenvalue weighted by molar-refractivity contribution is -0.122. The zero-order chi connectivity index (χ0) is 29.2. The van der Waals surface area contributed by atoms with Crippen LogP contribution in [-0.4, -0.2) is 22.4 Å². The van der Waals surface area contributed by atoms with Crippen LogP contribution in [0.15, 0.2) is 125 Å². The molecule has 0 atom stereocenters. The number of hydrogen-bond donors (Lipinski definition) is 1. The summed E-state index contributed by atoms with van der Waals surface area (Å²) < 4.78 is 3.07. The van der Waals surface area contributed by atoms with Crippen LogP contribution in [0.1, 0.15) is 18.1 Å². The summed E-state index contributed by atoms with van der Waals surface area (Å²) in [6.45, 7) is 2.03. The Morgan fingerprint density at radius 1 is 0.738 bits per heavy atom. The summed E-state index contributed by atoms with van der Waals surface area (Å²) in [4.78, 5) is 40.8. The first-order valence-corrected chi connectivity index (χ1v) is 14.4. The van der Waals surface area contributed by atoms with Crippen molar-refractivity contribution in [2.75, 3.05) is 4.90 Å². The minimum atomic E-state index is -0.771. The monoisotopic (exact) mass is 615 g/mol. The molecular formula is C35H26BrN3O3. The maximum absolute atomic E-state index is 13.8. The molecule has 7 heteroatoms. The number of aromatic nitrogens is 1. The molecule has 4 aromatic carbocycles. The maximum atomic E-state index is 13.8. The number of urea groups is 1. The molecule has 1 aromatic heterocycles. The van der Waals surface area contributed by atoms with Gasteiger partial charge in [-0.05, 0) is 71.7 Å². The molecule has 0 bridgehead atoms. The minimum absolute atomic E-state index is 0.126. The molecule has 0 aliphatic carbocycles. The SMILES string of the molecule is CCc1ccc(N2C(=O)NC(=O)/C(=C\c3cc(-c4ccccc4)n(-c4ccc(Br)cc4)c3-c3ccccc3)C2=O)cc1. The number of carbonyl (C=O) groups excluding carboxylic acids is 3. The molecule has 206 valence electrons. The fraction of sp³-hybridized carbons (Fsp3) is 0.0571. The third kappa shape index (κ3) is 5.10. The summed E-state index contributed by atoms with van der Waals surface area (Å²) in [7, 11) is 0. The fourth-order valence-corrected chi connectivity index (χ4v) is 5.40. The second kappa shape index (κ2) is 11.5. The number of benzene rings is 4. The summed E-state index contributed by atoms with van der Waals surface area (Å²) in [6.07, 6.45) is 2.41. The van der Waals surface area contributed by atoms with Gasteiger partial charge in [0, 0.05) is 15.7 Å². The van der Waals surface area contributed by atoms with E-state index in [4.69, 9.17) is 0 Å². The Morgan fingerprint density at radius 3 is 1.95 bits per heavy atom. The largest absolute Gasteiger partial charge is 0.335 e. The lowest BCUT2D eigenvalue weighted by atomic mass is 10.0. The number of halogens is 1. The number of carbonyl (C=O) groups is 3. The van der Waals surface area contributed by atoms with Gasteiger partial charge in [-0.1, -0.05) is 95.7 Å². The summed E-state index contributed by atoms with van der Waals surface area (Å²) in [5, 5.41) is 2.35. The van der Waals surface area contributed by atoms with Gasteiger partial charge in [0.25, 0.3) is 11.8 Å². The van der Waals surface area contributed by atoms with Crippen molar-refractivity contribution in [3.63, 3.8) is 0 Å². The molecule has 5 aromatic rings. The van der Waals surface area contributed by atoms with Crippen molar-refractivity contribution in [2.24, 2.45) is 0 Å². The highest BCUT2D eigenvalue weighted by molar-refractivity contribution is 9.10. The molecule has 1 N–H and O–H groups in total. The molecule has 6 rings (SSSR count). The average Bonchev–Trinajstić information content (AvgIpc) is 3.40. The van der Waals surface area contributed by atoms with E-state index in [2.05, 4.69) is 25.8 Å². The molecule has 2 heterocycles. The molecule has 0 unspecified atom stereocenters. The van der Waals surface area contributed by atoms with Gasteiger partial charge in [0.15, 0.2) is 0 Å². The number of imide groups is 2. The second-order valence-corrected chi connectivity index (χ2v) is 10.8. The van der Waals surface area contributed by atoms with E-state index >= 15 is 0 Å². The number of nitrogens with one attached hydrogen (secondary N) is 1. The van der Waals surface area contributed by atoms with E-state index in [9.17, 15) is 14.4 Å². The second-order valence-electron chi connectivity index (χ2n) is 9.86. The van der Waals surface area contributed by atoms with Crippen LogP contribution in [-0.2, 0) is 16.0 Å². The molecule has 6 nitrogen and oxygen atoms in total. The molecule has 42 heavy (non-hydrogen) atoms. The third-order valence-electron chi connectivity index (χ3n) is 7.24. The highest BCUT2D eigenvalue weighted by atomic mass is 79.9. The molecule has 0 saturated carbocycles. The van der Waals surface area contributed by atoms with Crippen molar-refractivity contribution in [3.8, 4) is 28.2 Å². The number of hydrogen-bond acceptors (Lipinski definition) is 3. The van der Waals surface area contributed by atoms with Gasteiger partial charge in [0.2, 0.25) is 0 Å². The van der Waals surface area contributed by atoms with E-state index in [0.29, 0.717) is 11.3 Å². The molecule has 1 aliphatic heterocycles. The van der Waals surface area contributed by atoms with Crippen molar-refractivity contribution < 1.29 is 14.4 Å². The van der Waals surface area contributed by atoms with Crippen molar-refractivity contribution in [2.45, 2.75) is 13.3 Å². The Hall–Kier alpha value is -5.01. The van der Waals surface area contributed by atoms with Gasteiger partial charge in [0.1, 0.15) is 5.57 Å². The van der Waals surface area contributed by atoms with Gasteiger partial charge in [0.05, 0.1) is 17.1 Å². The third-order valence-corrected chi connectivity index (χ3v) is 7.76. The first-order valence-electron chi connectivity index (χ1n) is 13.6. The lowest BCUT2D eigenvalue weighted by Gasteiger charge is -2.26. The minimum Gasteiger partial charge on any atom is -0.309 e. The number of barbiturate groups is 1. The Bertz CT molecular complexity index is 1820. The summed E-state index contributed by atoms with van der Waals surface area (Å²) in [5.41, 5.74) is 6.48. The first-order chi connectivity index (χ1) is 20.4. The van der Waals surface area contributed by atoms with Gasteiger partial charge in [-0.25, -0.2) is 9.69 Å². The number of rotatable bonds is 6. The Morgan fingerprint density at radius 2 is 1.33 bits per heavy atom. The van der Waals surface area contributed by atoms with Gasteiger partial charge < -0.3 is 4.57 Å². The molecule has 1 fully saturated rings. The van der Waals surface area contributed by atoms with Crippen LogP contribution in [0.3, 0.4) is 0 Å². The lowest BCUT2D eigenvalue weighted by Crippen LogP contribution is -2.54. The highest BCUT2D eigenvalue weighted by Crippen LogP contribution is 2.38. The summed E-state index contributed by atoms with van der Waals surface area (Å²) in [5.74, 6) is -1.41. The number of nitrogens with zero attached hydrogens (tertiary/aromatic N) is 2. The van der Waals surface area contributed by atoms with Gasteiger partial charge >= 0.3 is 6.03 Å². The molecule has 0 spiro atoms. The topological polar surface area (TPSA) is 71.4 Å². The quantitative estimate of drug-likeness (QED) is 0.156. The van der Waals surface area contributed by atoms with E-state index in [1.165, 1.54) is 0 Å². The molecule has 4 amide bonds. The van der Waals surface area contributed by atoms with Crippen LogP contribution in [0, 0.1) is 0 Å². The van der Waals surface area contributed by atoms with Crippen LogP contribution in [0.25, 0.3) is 34.3 Å². The fourth-order valence-electron chi connectivity index (χ4n) is 5.14. The average molecular weight is 617 g/mol. The highest BCUT2D eigenvalue weighted by Gasteiger charge is 2.37. The smallest absolute Gasteiger partial charge is 0.309 e. The zero-order valence-corrected chi connectivity index (χ0v) is 24.3. The predicted molar refractivity (Wildman–Crippen MR) is 169 cm³/mol. The number of amides is 4. The van der Waals surface area contributed by atoms with Gasteiger partial charge in [-0.2, -0.15) is 0 Å². The normalized spacial score (nSPS) is 14.4. The van der Waals surface area contributed by atoms with Crippen molar-refractivity contribution >= 4 is 45.5 Å². The Kier molecular flexibility index (Phi) is 7.42. The van der Waals surface area contributed by atoms with E-state index < -0.39 is 17.8 Å². The number of aryl methyl sites for hydroxylation is 1. The molecular weight excluding hydrogens is 590 g/mol. The first kappa shape index (κ1) is 27.2. The van der Waals surface area contributed by atoms with E-state index in [0.717, 1.165) is 49.6 Å². The maximum Gasteiger partial charge on any atom is 0.335 e. The van der Waals surface area contributed by atoms with Crippen LogP contribution in [0.2, 0.25) is 0 Å². The van der Waals surface area contributed by atoms with Crippen molar-refractivity contribution in [1.29, 1.82) is 0 Å². The molecule has 1 saturated heterocycles. The van der Waals surface area contributed by atoms with E-state index in [1.807, 2.05) is 110 Å². The van der Waals surface area contributed by atoms with E-state index in [-0.39, 0.29) is 5.57 Å². The molecule has 1 aliphatic rings. The van der Waals surface area contributed by atoms with Crippen LogP contribution < -0.4 is 10.2 Å². The van der Waals surface area contributed by atoms with Gasteiger partial charge in [-0.15, -0.1) is 0 Å².